The fourth-order valence-corrected chi connectivity index (χ4v) is 3.60. The van der Waals surface area contributed by atoms with Gasteiger partial charge in [-0.2, -0.15) is 0 Å². The van der Waals surface area contributed by atoms with Crippen molar-refractivity contribution in [3.63, 3.8) is 0 Å². The van der Waals surface area contributed by atoms with Crippen molar-refractivity contribution in [1.29, 1.82) is 0 Å². The van der Waals surface area contributed by atoms with E-state index in [1.54, 1.807) is 48.5 Å². The van der Waals surface area contributed by atoms with Crippen LogP contribution in [0.3, 0.4) is 0 Å². The number of hydrogen-bond acceptors (Lipinski definition) is 5. The number of anilines is 1. The van der Waals surface area contributed by atoms with Gasteiger partial charge in [0.05, 0.1) is 30.4 Å². The molecule has 0 amide bonds. The molecule has 7 nitrogen and oxygen atoms in total. The smallest absolute Gasteiger partial charge is 0.193 e. The van der Waals surface area contributed by atoms with Crippen LogP contribution in [0.4, 0.5) is 5.69 Å². The molecule has 0 saturated heterocycles. The van der Waals surface area contributed by atoms with Crippen LogP contribution in [0.5, 0.6) is 11.5 Å². The maximum absolute atomic E-state index is 12.2. The van der Waals surface area contributed by atoms with E-state index in [0.717, 1.165) is 6.42 Å². The topological polar surface area (TPSA) is 103 Å². The molecular weight excluding hydrogens is 481 g/mol. The molecule has 3 N–H and O–H groups in total. The number of hydrogen-bond donors (Lipinski definition) is 2. The van der Waals surface area contributed by atoms with Crippen molar-refractivity contribution in [2.75, 3.05) is 30.8 Å². The highest BCUT2D eigenvalue weighted by Crippen LogP contribution is 2.32. The zero-order chi connectivity index (χ0) is 18.4. The summed E-state index contributed by atoms with van der Waals surface area (Å²) in [5.74, 6) is 1.37. The molecule has 0 aliphatic carbocycles. The number of ether oxygens (including phenoxy) is 2. The molecule has 27 heavy (non-hydrogen) atoms. The number of rotatable bonds is 5. The number of guanidine groups is 1. The number of aliphatic imine (C=N–C) groups is 1. The molecule has 0 bridgehead atoms. The Kier molecular flexibility index (Phi) is 7.72. The monoisotopic (exact) mass is 503 g/mol. The lowest BCUT2D eigenvalue weighted by Crippen LogP contribution is -2.24. The van der Waals surface area contributed by atoms with Crippen molar-refractivity contribution in [3.8, 4) is 11.5 Å². The predicted octanol–water partition coefficient (Wildman–Crippen LogP) is 2.67. The largest absolute Gasteiger partial charge is 0.490 e. The summed E-state index contributed by atoms with van der Waals surface area (Å²) >= 11 is 0. The van der Waals surface area contributed by atoms with E-state index in [1.165, 1.54) is 0 Å². The summed E-state index contributed by atoms with van der Waals surface area (Å²) < 4.78 is 35.6. The second-order valence-corrected chi connectivity index (χ2v) is 7.85. The number of sulfone groups is 1. The van der Waals surface area contributed by atoms with Gasteiger partial charge in [-0.25, -0.2) is 8.42 Å². The second kappa shape index (κ2) is 9.79. The average molecular weight is 503 g/mol. The fourth-order valence-electron chi connectivity index (χ4n) is 2.46. The van der Waals surface area contributed by atoms with Gasteiger partial charge in [-0.15, -0.1) is 24.0 Å². The fraction of sp³-hybridized carbons (Fsp3) is 0.278. The second-order valence-electron chi connectivity index (χ2n) is 5.74. The highest BCUT2D eigenvalue weighted by Gasteiger charge is 2.13. The summed E-state index contributed by atoms with van der Waals surface area (Å²) in [7, 11) is -3.37. The Morgan fingerprint density at radius 2 is 1.78 bits per heavy atom. The van der Waals surface area contributed by atoms with Crippen LogP contribution >= 0.6 is 24.0 Å². The van der Waals surface area contributed by atoms with E-state index in [0.29, 0.717) is 30.4 Å². The molecule has 0 unspecified atom stereocenters. The lowest BCUT2D eigenvalue weighted by Gasteiger charge is -2.10. The Morgan fingerprint density at radius 3 is 2.52 bits per heavy atom. The average Bonchev–Trinajstić information content (AvgIpc) is 2.87. The van der Waals surface area contributed by atoms with Gasteiger partial charge in [0.25, 0.3) is 0 Å². The molecule has 2 aromatic carbocycles. The van der Waals surface area contributed by atoms with Gasteiger partial charge >= 0.3 is 0 Å². The van der Waals surface area contributed by atoms with E-state index in [1.807, 2.05) is 0 Å². The van der Waals surface area contributed by atoms with Crippen molar-refractivity contribution < 1.29 is 17.9 Å². The van der Waals surface area contributed by atoms with Crippen LogP contribution in [0.1, 0.15) is 6.42 Å². The number of fused-ring (bicyclic) bond motifs is 1. The van der Waals surface area contributed by atoms with Crippen LogP contribution in [0.15, 0.2) is 58.4 Å². The SMILES string of the molecule is I.NC(=NCCS(=O)(=O)c1ccccc1)Nc1ccc2c(c1)OCCCO2. The first-order valence-electron chi connectivity index (χ1n) is 8.29. The molecule has 0 spiro atoms. The highest BCUT2D eigenvalue weighted by atomic mass is 127. The minimum Gasteiger partial charge on any atom is -0.490 e. The standard InChI is InChI=1S/C18H21N3O4S.HI/c19-18(20-9-12-26(22,23)15-5-2-1-3-6-15)21-14-7-8-16-17(13-14)25-11-4-10-24-16;/h1-3,5-8,13H,4,9-12H2,(H3,19,20,21);1H. The van der Waals surface area contributed by atoms with Crippen molar-refractivity contribution in [2.24, 2.45) is 10.7 Å². The molecule has 1 aliphatic heterocycles. The van der Waals surface area contributed by atoms with Gasteiger partial charge in [0.15, 0.2) is 27.3 Å². The van der Waals surface area contributed by atoms with Crippen LogP contribution in [0.25, 0.3) is 0 Å². The third kappa shape index (κ3) is 5.99. The van der Waals surface area contributed by atoms with E-state index in [4.69, 9.17) is 15.2 Å². The van der Waals surface area contributed by atoms with E-state index < -0.39 is 9.84 Å². The Morgan fingerprint density at radius 1 is 1.07 bits per heavy atom. The molecule has 1 aliphatic rings. The van der Waals surface area contributed by atoms with Gasteiger partial charge < -0.3 is 20.5 Å². The molecule has 0 aromatic heterocycles. The number of nitrogens with zero attached hydrogens (tertiary/aromatic N) is 1. The normalized spacial score (nSPS) is 14.0. The first kappa shape index (κ1) is 21.3. The molecule has 0 radical (unpaired) electrons. The molecule has 0 atom stereocenters. The van der Waals surface area contributed by atoms with Gasteiger partial charge in [0.2, 0.25) is 0 Å². The minimum absolute atomic E-state index is 0. The van der Waals surface area contributed by atoms with Crippen molar-refractivity contribution in [3.05, 3.63) is 48.5 Å². The number of nitrogens with two attached hydrogens (primary N) is 1. The van der Waals surface area contributed by atoms with E-state index >= 15 is 0 Å². The number of halogens is 1. The highest BCUT2D eigenvalue weighted by molar-refractivity contribution is 14.0. The van der Waals surface area contributed by atoms with Crippen molar-refractivity contribution >= 4 is 45.5 Å². The Labute approximate surface area is 175 Å². The van der Waals surface area contributed by atoms with Crippen LogP contribution in [-0.2, 0) is 9.84 Å². The summed E-state index contributed by atoms with van der Waals surface area (Å²) in [4.78, 5) is 4.37. The molecule has 0 fully saturated rings. The summed E-state index contributed by atoms with van der Waals surface area (Å²) in [6.07, 6.45) is 0.830. The van der Waals surface area contributed by atoms with Gasteiger partial charge in [0, 0.05) is 18.2 Å². The van der Waals surface area contributed by atoms with Gasteiger partial charge in [0.1, 0.15) is 0 Å². The molecule has 9 heteroatoms. The van der Waals surface area contributed by atoms with Crippen LogP contribution in [0.2, 0.25) is 0 Å². The summed E-state index contributed by atoms with van der Waals surface area (Å²) in [6.45, 7) is 1.29. The van der Waals surface area contributed by atoms with Crippen molar-refractivity contribution in [1.82, 2.24) is 0 Å². The Hall–Kier alpha value is -2.01. The van der Waals surface area contributed by atoms with Gasteiger partial charge in [-0.3, -0.25) is 4.99 Å². The van der Waals surface area contributed by atoms with Gasteiger partial charge in [-0.05, 0) is 24.3 Å². The van der Waals surface area contributed by atoms with E-state index in [2.05, 4.69) is 10.3 Å². The molecule has 1 heterocycles. The number of benzene rings is 2. The molecule has 2 aromatic rings. The summed E-state index contributed by atoms with van der Waals surface area (Å²) in [5, 5.41) is 2.94. The zero-order valence-corrected chi connectivity index (χ0v) is 17.8. The van der Waals surface area contributed by atoms with Crippen LogP contribution in [0, 0.1) is 0 Å². The molecule has 146 valence electrons. The molecule has 3 rings (SSSR count). The quantitative estimate of drug-likeness (QED) is 0.370. The molecular formula is C18H22IN3O4S. The summed E-state index contributed by atoms with van der Waals surface area (Å²) in [5.41, 5.74) is 6.55. The first-order chi connectivity index (χ1) is 12.5. The maximum atomic E-state index is 12.2. The lowest BCUT2D eigenvalue weighted by atomic mass is 10.3. The van der Waals surface area contributed by atoms with E-state index in [9.17, 15) is 8.42 Å². The third-order valence-electron chi connectivity index (χ3n) is 3.76. The van der Waals surface area contributed by atoms with Crippen molar-refractivity contribution in [2.45, 2.75) is 11.3 Å². The Balaban J connectivity index is 0.00000261. The maximum Gasteiger partial charge on any atom is 0.193 e. The molecule has 0 saturated carbocycles. The van der Waals surface area contributed by atoms with Crippen LogP contribution < -0.4 is 20.5 Å². The third-order valence-corrected chi connectivity index (χ3v) is 5.47. The van der Waals surface area contributed by atoms with E-state index in [-0.39, 0.29) is 47.1 Å². The Bertz CT molecular complexity index is 889. The predicted molar refractivity (Wildman–Crippen MR) is 116 cm³/mol. The number of nitrogens with one attached hydrogen (secondary N) is 1. The minimum atomic E-state index is -3.37. The first-order valence-corrected chi connectivity index (χ1v) is 9.94. The zero-order valence-electron chi connectivity index (χ0n) is 14.6. The van der Waals surface area contributed by atoms with Crippen LogP contribution in [-0.4, -0.2) is 39.9 Å². The summed E-state index contributed by atoms with van der Waals surface area (Å²) in [6, 6.07) is 13.7. The lowest BCUT2D eigenvalue weighted by molar-refractivity contribution is 0.297. The van der Waals surface area contributed by atoms with Gasteiger partial charge in [-0.1, -0.05) is 18.2 Å².